The predicted octanol–water partition coefficient (Wildman–Crippen LogP) is 2.92. The van der Waals surface area contributed by atoms with Gasteiger partial charge in [0.15, 0.2) is 0 Å². The zero-order valence-corrected chi connectivity index (χ0v) is 11.4. The first kappa shape index (κ1) is 14.2. The lowest BCUT2D eigenvalue weighted by atomic mass is 10.4. The fraction of sp³-hybridized carbons (Fsp3) is 0.667. The molecule has 4 nitrogen and oxygen atoms in total. The summed E-state index contributed by atoms with van der Waals surface area (Å²) in [5.41, 5.74) is 0. The van der Waals surface area contributed by atoms with Gasteiger partial charge in [0.1, 0.15) is 16.8 Å². The van der Waals surface area contributed by atoms with Crippen LogP contribution in [0.15, 0.2) is 6.07 Å². The Morgan fingerprint density at radius 3 is 2.82 bits per heavy atom. The number of aryl methyl sites for hydroxylation is 1. The Kier molecular flexibility index (Phi) is 6.22. The number of halogens is 1. The van der Waals surface area contributed by atoms with Crippen LogP contribution >= 0.6 is 11.6 Å². The van der Waals surface area contributed by atoms with Crippen LogP contribution < -0.4 is 5.32 Å². The summed E-state index contributed by atoms with van der Waals surface area (Å²) in [6.45, 7) is 7.65. The molecule has 0 amide bonds. The van der Waals surface area contributed by atoms with Gasteiger partial charge in [-0.3, -0.25) is 0 Å². The zero-order chi connectivity index (χ0) is 12.7. The van der Waals surface area contributed by atoms with Crippen LogP contribution in [0.4, 0.5) is 5.82 Å². The van der Waals surface area contributed by atoms with Crippen LogP contribution in [0.2, 0.25) is 5.15 Å². The quantitative estimate of drug-likeness (QED) is 0.603. The van der Waals surface area contributed by atoms with Gasteiger partial charge < -0.3 is 10.1 Å². The molecule has 1 aromatic heterocycles. The second-order valence-electron chi connectivity index (χ2n) is 4.05. The topological polar surface area (TPSA) is 47.0 Å². The molecule has 0 atom stereocenters. The molecule has 0 aromatic carbocycles. The fourth-order valence-electron chi connectivity index (χ4n) is 1.32. The number of rotatable bonds is 7. The highest BCUT2D eigenvalue weighted by atomic mass is 35.5. The molecule has 1 heterocycles. The van der Waals surface area contributed by atoms with E-state index in [0.717, 1.165) is 37.6 Å². The Morgan fingerprint density at radius 1 is 1.41 bits per heavy atom. The van der Waals surface area contributed by atoms with Gasteiger partial charge in [-0.15, -0.1) is 0 Å². The lowest BCUT2D eigenvalue weighted by Gasteiger charge is -2.09. The minimum Gasteiger partial charge on any atom is -0.379 e. The lowest BCUT2D eigenvalue weighted by Crippen LogP contribution is -2.10. The Bertz CT molecular complexity index is 345. The Hall–Kier alpha value is -0.870. The van der Waals surface area contributed by atoms with E-state index in [4.69, 9.17) is 16.3 Å². The third-order valence-corrected chi connectivity index (χ3v) is 2.33. The van der Waals surface area contributed by atoms with Gasteiger partial charge in [-0.25, -0.2) is 9.97 Å². The third kappa shape index (κ3) is 5.84. The molecule has 5 heteroatoms. The van der Waals surface area contributed by atoms with Gasteiger partial charge in [0.05, 0.1) is 6.10 Å². The zero-order valence-electron chi connectivity index (χ0n) is 10.7. The van der Waals surface area contributed by atoms with Gasteiger partial charge in [0, 0.05) is 25.6 Å². The van der Waals surface area contributed by atoms with Crippen molar-refractivity contribution in [3.8, 4) is 0 Å². The molecule has 1 aromatic rings. The Morgan fingerprint density at radius 2 is 2.18 bits per heavy atom. The molecule has 0 radical (unpaired) electrons. The van der Waals surface area contributed by atoms with Crippen molar-refractivity contribution >= 4 is 17.4 Å². The summed E-state index contributed by atoms with van der Waals surface area (Å²) in [4.78, 5) is 8.45. The van der Waals surface area contributed by atoms with Crippen molar-refractivity contribution in [3.63, 3.8) is 0 Å². The lowest BCUT2D eigenvalue weighted by molar-refractivity contribution is 0.0787. The SMILES string of the molecule is CCc1nc(Cl)cc(NCCCOC(C)C)n1. The van der Waals surface area contributed by atoms with Crippen LogP contribution in [-0.4, -0.2) is 29.2 Å². The highest BCUT2D eigenvalue weighted by Gasteiger charge is 2.01. The number of hydrogen-bond acceptors (Lipinski definition) is 4. The van der Waals surface area contributed by atoms with Gasteiger partial charge in [-0.05, 0) is 20.3 Å². The molecular formula is C12H20ClN3O. The summed E-state index contributed by atoms with van der Waals surface area (Å²) in [5.74, 6) is 1.55. The standard InChI is InChI=1S/C12H20ClN3O/c1-4-11-15-10(13)8-12(16-11)14-6-5-7-17-9(2)3/h8-9H,4-7H2,1-3H3,(H,14,15,16). The Labute approximate surface area is 108 Å². The van der Waals surface area contributed by atoms with Crippen molar-refractivity contribution in [1.82, 2.24) is 9.97 Å². The monoisotopic (exact) mass is 257 g/mol. The van der Waals surface area contributed by atoms with Crippen molar-refractivity contribution in [2.24, 2.45) is 0 Å². The average molecular weight is 258 g/mol. The minimum atomic E-state index is 0.287. The van der Waals surface area contributed by atoms with Crippen molar-refractivity contribution in [2.45, 2.75) is 39.7 Å². The van der Waals surface area contributed by atoms with Crippen molar-refractivity contribution in [3.05, 3.63) is 17.0 Å². The second kappa shape index (κ2) is 7.45. The molecule has 1 rings (SSSR count). The molecule has 1 N–H and O–H groups in total. The number of hydrogen-bond donors (Lipinski definition) is 1. The molecule has 0 bridgehead atoms. The van der Waals surface area contributed by atoms with Crippen LogP contribution in [0.5, 0.6) is 0 Å². The number of nitrogens with one attached hydrogen (secondary N) is 1. The van der Waals surface area contributed by atoms with Gasteiger partial charge >= 0.3 is 0 Å². The molecule has 0 saturated carbocycles. The van der Waals surface area contributed by atoms with Crippen molar-refractivity contribution in [1.29, 1.82) is 0 Å². The van der Waals surface area contributed by atoms with E-state index in [1.807, 2.05) is 20.8 Å². The highest BCUT2D eigenvalue weighted by Crippen LogP contribution is 2.11. The molecule has 0 aliphatic carbocycles. The normalized spacial score (nSPS) is 10.9. The smallest absolute Gasteiger partial charge is 0.134 e. The van der Waals surface area contributed by atoms with Crippen molar-refractivity contribution < 1.29 is 4.74 Å². The molecule has 17 heavy (non-hydrogen) atoms. The van der Waals surface area contributed by atoms with Crippen LogP contribution in [-0.2, 0) is 11.2 Å². The molecule has 96 valence electrons. The summed E-state index contributed by atoms with van der Waals surface area (Å²) in [6, 6.07) is 1.74. The summed E-state index contributed by atoms with van der Waals surface area (Å²) < 4.78 is 5.45. The van der Waals surface area contributed by atoms with E-state index in [-0.39, 0.29) is 6.10 Å². The predicted molar refractivity (Wildman–Crippen MR) is 70.6 cm³/mol. The number of anilines is 1. The third-order valence-electron chi connectivity index (χ3n) is 2.14. The maximum atomic E-state index is 5.89. The van der Waals surface area contributed by atoms with Gasteiger partial charge in [0.2, 0.25) is 0 Å². The number of aromatic nitrogens is 2. The van der Waals surface area contributed by atoms with Crippen LogP contribution in [0.1, 0.15) is 33.0 Å². The number of ether oxygens (including phenoxy) is 1. The van der Waals surface area contributed by atoms with Gasteiger partial charge in [-0.2, -0.15) is 0 Å². The van der Waals surface area contributed by atoms with Gasteiger partial charge in [-0.1, -0.05) is 18.5 Å². The highest BCUT2D eigenvalue weighted by molar-refractivity contribution is 6.29. The molecular weight excluding hydrogens is 238 g/mol. The molecule has 0 aliphatic heterocycles. The van der Waals surface area contributed by atoms with E-state index in [2.05, 4.69) is 15.3 Å². The molecule has 0 saturated heterocycles. The number of nitrogens with zero attached hydrogens (tertiary/aromatic N) is 2. The molecule has 0 fully saturated rings. The first-order valence-electron chi connectivity index (χ1n) is 6.00. The van der Waals surface area contributed by atoms with E-state index >= 15 is 0 Å². The van der Waals surface area contributed by atoms with E-state index in [9.17, 15) is 0 Å². The van der Waals surface area contributed by atoms with Crippen LogP contribution in [0.25, 0.3) is 0 Å². The maximum absolute atomic E-state index is 5.89. The first-order chi connectivity index (χ1) is 8.11. The van der Waals surface area contributed by atoms with E-state index in [1.165, 1.54) is 0 Å². The largest absolute Gasteiger partial charge is 0.379 e. The molecule has 0 unspecified atom stereocenters. The Balaban J connectivity index is 2.33. The van der Waals surface area contributed by atoms with Gasteiger partial charge in [0.25, 0.3) is 0 Å². The summed E-state index contributed by atoms with van der Waals surface area (Å²) >= 11 is 5.89. The fourth-order valence-corrected chi connectivity index (χ4v) is 1.52. The second-order valence-corrected chi connectivity index (χ2v) is 4.43. The van der Waals surface area contributed by atoms with E-state index in [1.54, 1.807) is 6.07 Å². The first-order valence-corrected chi connectivity index (χ1v) is 6.38. The van der Waals surface area contributed by atoms with Crippen LogP contribution in [0, 0.1) is 0 Å². The maximum Gasteiger partial charge on any atom is 0.134 e. The summed E-state index contributed by atoms with van der Waals surface area (Å²) in [6.07, 6.45) is 2.02. The van der Waals surface area contributed by atoms with E-state index in [0.29, 0.717) is 5.15 Å². The molecule has 0 spiro atoms. The summed E-state index contributed by atoms with van der Waals surface area (Å²) in [5, 5.41) is 3.70. The summed E-state index contributed by atoms with van der Waals surface area (Å²) in [7, 11) is 0. The molecule has 0 aliphatic rings. The van der Waals surface area contributed by atoms with Crippen molar-refractivity contribution in [2.75, 3.05) is 18.5 Å². The van der Waals surface area contributed by atoms with E-state index < -0.39 is 0 Å². The average Bonchev–Trinajstić information content (AvgIpc) is 2.27. The van der Waals surface area contributed by atoms with Crippen LogP contribution in [0.3, 0.4) is 0 Å². The minimum absolute atomic E-state index is 0.287.